The lowest BCUT2D eigenvalue weighted by Crippen LogP contribution is -2.24. The van der Waals surface area contributed by atoms with Crippen molar-refractivity contribution in [2.75, 3.05) is 6.54 Å². The summed E-state index contributed by atoms with van der Waals surface area (Å²) in [4.78, 5) is 14.7. The van der Waals surface area contributed by atoms with Crippen molar-refractivity contribution in [2.24, 2.45) is 0 Å². The van der Waals surface area contributed by atoms with Crippen LogP contribution in [0.1, 0.15) is 80.0 Å². The van der Waals surface area contributed by atoms with E-state index in [1.165, 1.54) is 16.7 Å². The van der Waals surface area contributed by atoms with E-state index in [-0.39, 0.29) is 11.3 Å². The number of nitrogens with one attached hydrogen (secondary N) is 1. The number of hydrogen-bond donors (Lipinski definition) is 1. The van der Waals surface area contributed by atoms with Gasteiger partial charge in [-0.2, -0.15) is 0 Å². The summed E-state index contributed by atoms with van der Waals surface area (Å²) in [5, 5.41) is 2.95. The number of benzene rings is 2. The van der Waals surface area contributed by atoms with Gasteiger partial charge in [0.25, 0.3) is 5.91 Å². The molecule has 0 aliphatic rings. The van der Waals surface area contributed by atoms with Crippen molar-refractivity contribution in [2.45, 2.75) is 72.0 Å². The van der Waals surface area contributed by atoms with Crippen molar-refractivity contribution in [1.82, 2.24) is 10.2 Å². The summed E-state index contributed by atoms with van der Waals surface area (Å²) >= 11 is 0. The van der Waals surface area contributed by atoms with Crippen molar-refractivity contribution < 1.29 is 9.21 Å². The van der Waals surface area contributed by atoms with Gasteiger partial charge in [0.2, 0.25) is 0 Å². The Morgan fingerprint density at radius 3 is 2.15 bits per heavy atom. The number of amides is 1. The van der Waals surface area contributed by atoms with Crippen LogP contribution < -0.4 is 5.32 Å². The molecule has 0 saturated heterocycles. The molecule has 0 radical (unpaired) electrons. The summed E-state index contributed by atoms with van der Waals surface area (Å²) in [6.45, 7) is 11.8. The predicted molar refractivity (Wildman–Crippen MR) is 135 cm³/mol. The number of rotatable bonds is 11. The van der Waals surface area contributed by atoms with Crippen molar-refractivity contribution in [3.05, 3.63) is 94.9 Å². The molecule has 1 amide bonds. The van der Waals surface area contributed by atoms with Gasteiger partial charge in [0.1, 0.15) is 5.76 Å². The molecule has 0 bridgehead atoms. The van der Waals surface area contributed by atoms with Crippen LogP contribution >= 0.6 is 0 Å². The molecule has 4 nitrogen and oxygen atoms in total. The summed E-state index contributed by atoms with van der Waals surface area (Å²) in [5.41, 5.74) is 3.99. The van der Waals surface area contributed by atoms with Crippen molar-refractivity contribution in [1.29, 1.82) is 0 Å². The second-order valence-corrected chi connectivity index (χ2v) is 9.81. The van der Waals surface area contributed by atoms with Crippen LogP contribution in [0.25, 0.3) is 0 Å². The van der Waals surface area contributed by atoms with Gasteiger partial charge in [-0.3, -0.25) is 9.69 Å². The van der Waals surface area contributed by atoms with Crippen LogP contribution in [0, 0.1) is 0 Å². The van der Waals surface area contributed by atoms with E-state index < -0.39 is 0 Å². The fourth-order valence-electron chi connectivity index (χ4n) is 3.85. The molecule has 0 atom stereocenters. The summed E-state index contributed by atoms with van der Waals surface area (Å²) in [6, 6.07) is 23.1. The van der Waals surface area contributed by atoms with Crippen LogP contribution in [0.5, 0.6) is 0 Å². The summed E-state index contributed by atoms with van der Waals surface area (Å²) in [5.74, 6) is 1.05. The number of carbonyl (C=O) groups excluding carboxylic acids is 1. The molecule has 33 heavy (non-hydrogen) atoms. The van der Waals surface area contributed by atoms with Gasteiger partial charge in [0.15, 0.2) is 5.76 Å². The average molecular weight is 447 g/mol. The van der Waals surface area contributed by atoms with E-state index in [1.807, 2.05) is 12.1 Å². The third-order valence-electron chi connectivity index (χ3n) is 5.81. The highest BCUT2D eigenvalue weighted by molar-refractivity contribution is 5.91. The molecule has 1 heterocycles. The van der Waals surface area contributed by atoms with Gasteiger partial charge in [-0.1, -0.05) is 95.1 Å². The van der Waals surface area contributed by atoms with Crippen LogP contribution in [0.2, 0.25) is 0 Å². The van der Waals surface area contributed by atoms with E-state index >= 15 is 0 Å². The smallest absolute Gasteiger partial charge is 0.286 e. The number of furan rings is 1. The Morgan fingerprint density at radius 1 is 0.848 bits per heavy atom. The standard InChI is InChI=1S/C29H38N2O2/c1-5-6-10-19-30-28(32)27-18-17-26(33-27)22-31(20-23-11-8-7-9-12-23)21-24-13-15-25(16-14-24)29(2,3)4/h7-9,11-18H,5-6,10,19-22H2,1-4H3,(H,30,32). The minimum absolute atomic E-state index is 0.135. The molecule has 0 aliphatic heterocycles. The van der Waals surface area contributed by atoms with Gasteiger partial charge in [-0.05, 0) is 40.7 Å². The Bertz CT molecular complexity index is 984. The van der Waals surface area contributed by atoms with Gasteiger partial charge in [0.05, 0.1) is 6.54 Å². The number of carbonyl (C=O) groups is 1. The molecule has 0 spiro atoms. The first kappa shape index (κ1) is 24.8. The fourth-order valence-corrected chi connectivity index (χ4v) is 3.85. The molecule has 0 aliphatic carbocycles. The number of unbranched alkanes of at least 4 members (excludes halogenated alkanes) is 2. The Kier molecular flexibility index (Phi) is 8.90. The first-order valence-electron chi connectivity index (χ1n) is 12.1. The minimum Gasteiger partial charge on any atom is -0.455 e. The maximum atomic E-state index is 12.4. The van der Waals surface area contributed by atoms with Gasteiger partial charge >= 0.3 is 0 Å². The van der Waals surface area contributed by atoms with Crippen LogP contribution in [-0.2, 0) is 25.0 Å². The monoisotopic (exact) mass is 446 g/mol. The molecule has 0 unspecified atom stereocenters. The third-order valence-corrected chi connectivity index (χ3v) is 5.81. The van der Waals surface area contributed by atoms with Gasteiger partial charge < -0.3 is 9.73 Å². The highest BCUT2D eigenvalue weighted by atomic mass is 16.4. The van der Waals surface area contributed by atoms with E-state index in [2.05, 4.69) is 86.4 Å². The Morgan fingerprint density at radius 2 is 1.52 bits per heavy atom. The van der Waals surface area contributed by atoms with Crippen LogP contribution in [0.4, 0.5) is 0 Å². The van der Waals surface area contributed by atoms with Gasteiger partial charge in [0, 0.05) is 19.6 Å². The molecule has 1 N–H and O–H groups in total. The second kappa shape index (κ2) is 11.9. The molecular formula is C29H38N2O2. The van der Waals surface area contributed by atoms with Crippen molar-refractivity contribution >= 4 is 5.91 Å². The highest BCUT2D eigenvalue weighted by Crippen LogP contribution is 2.23. The largest absolute Gasteiger partial charge is 0.455 e. The van der Waals surface area contributed by atoms with Crippen molar-refractivity contribution in [3.63, 3.8) is 0 Å². The quantitative estimate of drug-likeness (QED) is 0.333. The Hall–Kier alpha value is -2.85. The second-order valence-electron chi connectivity index (χ2n) is 9.81. The highest BCUT2D eigenvalue weighted by Gasteiger charge is 2.16. The zero-order valence-electron chi connectivity index (χ0n) is 20.6. The van der Waals surface area contributed by atoms with Gasteiger partial charge in [-0.25, -0.2) is 0 Å². The summed E-state index contributed by atoms with van der Waals surface area (Å²) in [6.07, 6.45) is 3.25. The molecule has 2 aromatic carbocycles. The first-order chi connectivity index (χ1) is 15.8. The van der Waals surface area contributed by atoms with E-state index in [0.29, 0.717) is 18.8 Å². The maximum Gasteiger partial charge on any atom is 0.286 e. The normalized spacial score (nSPS) is 11.7. The molecule has 0 fully saturated rings. The Balaban J connectivity index is 1.68. The van der Waals surface area contributed by atoms with E-state index in [4.69, 9.17) is 4.42 Å². The van der Waals surface area contributed by atoms with Gasteiger partial charge in [-0.15, -0.1) is 0 Å². The zero-order valence-corrected chi connectivity index (χ0v) is 20.6. The van der Waals surface area contributed by atoms with E-state index in [9.17, 15) is 4.79 Å². The molecule has 3 aromatic rings. The molecule has 3 rings (SSSR count). The molecule has 4 heteroatoms. The lowest BCUT2D eigenvalue weighted by molar-refractivity contribution is 0.0920. The third kappa shape index (κ3) is 7.90. The molecule has 1 aromatic heterocycles. The predicted octanol–water partition coefficient (Wildman–Crippen LogP) is 6.70. The van der Waals surface area contributed by atoms with E-state index in [0.717, 1.165) is 38.1 Å². The topological polar surface area (TPSA) is 45.5 Å². The lowest BCUT2D eigenvalue weighted by atomic mass is 9.87. The molecular weight excluding hydrogens is 408 g/mol. The molecule has 176 valence electrons. The summed E-state index contributed by atoms with van der Waals surface area (Å²) < 4.78 is 5.92. The van der Waals surface area contributed by atoms with Crippen molar-refractivity contribution in [3.8, 4) is 0 Å². The van der Waals surface area contributed by atoms with E-state index in [1.54, 1.807) is 6.07 Å². The average Bonchev–Trinajstić information content (AvgIpc) is 3.25. The van der Waals surface area contributed by atoms with Crippen LogP contribution in [0.3, 0.4) is 0 Å². The fraction of sp³-hybridized carbons (Fsp3) is 0.414. The maximum absolute atomic E-state index is 12.4. The zero-order chi connectivity index (χ0) is 23.7. The minimum atomic E-state index is -0.135. The van der Waals surface area contributed by atoms with Crippen LogP contribution in [0.15, 0.2) is 71.1 Å². The molecule has 0 saturated carbocycles. The SMILES string of the molecule is CCCCCNC(=O)c1ccc(CN(Cc2ccccc2)Cc2ccc(C(C)(C)C)cc2)o1. The number of nitrogens with zero attached hydrogens (tertiary/aromatic N) is 1. The Labute approximate surface area is 199 Å². The first-order valence-corrected chi connectivity index (χ1v) is 12.1. The summed E-state index contributed by atoms with van der Waals surface area (Å²) in [7, 11) is 0. The number of hydrogen-bond acceptors (Lipinski definition) is 3. The van der Waals surface area contributed by atoms with Crippen LogP contribution in [-0.4, -0.2) is 17.4 Å². The lowest BCUT2D eigenvalue weighted by Gasteiger charge is -2.23.